The van der Waals surface area contributed by atoms with Crippen LogP contribution >= 0.6 is 15.9 Å². The molecule has 0 fully saturated rings. The molecule has 1 rings (SSSR count). The molecule has 14 heavy (non-hydrogen) atoms. The highest BCUT2D eigenvalue weighted by atomic mass is 79.9. The molecule has 0 saturated heterocycles. The zero-order valence-corrected chi connectivity index (χ0v) is 9.34. The van der Waals surface area contributed by atoms with Gasteiger partial charge in [0.05, 0.1) is 11.6 Å². The lowest BCUT2D eigenvalue weighted by Gasteiger charge is -2.07. The summed E-state index contributed by atoms with van der Waals surface area (Å²) in [5, 5.41) is 11.9. The van der Waals surface area contributed by atoms with Crippen LogP contribution < -0.4 is 11.1 Å². The van der Waals surface area contributed by atoms with E-state index < -0.39 is 0 Å². The summed E-state index contributed by atoms with van der Waals surface area (Å²) in [5.41, 5.74) is 7.03. The van der Waals surface area contributed by atoms with Crippen molar-refractivity contribution >= 4 is 21.6 Å². The molecule has 0 bridgehead atoms. The molecule has 0 amide bonds. The van der Waals surface area contributed by atoms with E-state index >= 15 is 0 Å². The van der Waals surface area contributed by atoms with E-state index in [9.17, 15) is 0 Å². The molecular weight excluding hydrogens is 242 g/mol. The second-order valence-corrected chi connectivity index (χ2v) is 3.73. The van der Waals surface area contributed by atoms with Gasteiger partial charge < -0.3 is 11.1 Å². The van der Waals surface area contributed by atoms with Gasteiger partial charge in [-0.3, -0.25) is 0 Å². The van der Waals surface area contributed by atoms with Crippen LogP contribution in [-0.2, 0) is 0 Å². The lowest BCUT2D eigenvalue weighted by Crippen LogP contribution is -2.08. The van der Waals surface area contributed by atoms with Crippen LogP contribution in [0.2, 0.25) is 0 Å². The first kappa shape index (κ1) is 11.0. The molecule has 3 nitrogen and oxygen atoms in total. The van der Waals surface area contributed by atoms with Crippen molar-refractivity contribution in [3.63, 3.8) is 0 Å². The molecule has 0 aliphatic carbocycles. The topological polar surface area (TPSA) is 61.8 Å². The summed E-state index contributed by atoms with van der Waals surface area (Å²) in [6, 6.07) is 7.56. The summed E-state index contributed by atoms with van der Waals surface area (Å²) >= 11 is 3.40. The maximum atomic E-state index is 8.66. The minimum Gasteiger partial charge on any atom is -0.384 e. The summed E-state index contributed by atoms with van der Waals surface area (Å²) in [7, 11) is 0. The molecule has 0 spiro atoms. The van der Waals surface area contributed by atoms with Crippen molar-refractivity contribution in [1.29, 1.82) is 5.26 Å². The lowest BCUT2D eigenvalue weighted by atomic mass is 10.2. The number of anilines is 1. The Kier molecular flexibility index (Phi) is 4.44. The highest BCUT2D eigenvalue weighted by Gasteiger charge is 1.99. The predicted octanol–water partition coefficient (Wildman–Crippen LogP) is 2.08. The second-order valence-electron chi connectivity index (χ2n) is 2.88. The molecular formula is C10H12BrN3. The van der Waals surface area contributed by atoms with Crippen molar-refractivity contribution in [3.05, 3.63) is 28.2 Å². The van der Waals surface area contributed by atoms with Crippen LogP contribution in [0.1, 0.15) is 12.0 Å². The minimum atomic E-state index is 0.654. The Balaban J connectivity index is 2.65. The van der Waals surface area contributed by atoms with Crippen molar-refractivity contribution in [2.24, 2.45) is 5.73 Å². The SMILES string of the molecule is N#Cc1ccc(NCCCN)c(Br)c1. The van der Waals surface area contributed by atoms with Gasteiger partial charge >= 0.3 is 0 Å². The van der Waals surface area contributed by atoms with Crippen LogP contribution in [0.15, 0.2) is 22.7 Å². The van der Waals surface area contributed by atoms with Crippen molar-refractivity contribution in [2.75, 3.05) is 18.4 Å². The maximum Gasteiger partial charge on any atom is 0.0992 e. The maximum absolute atomic E-state index is 8.66. The molecule has 0 heterocycles. The fourth-order valence-corrected chi connectivity index (χ4v) is 1.57. The number of nitrogens with zero attached hydrogens (tertiary/aromatic N) is 1. The number of nitriles is 1. The van der Waals surface area contributed by atoms with Crippen LogP contribution in [0, 0.1) is 11.3 Å². The van der Waals surface area contributed by atoms with Crippen molar-refractivity contribution in [3.8, 4) is 6.07 Å². The van der Waals surface area contributed by atoms with Gasteiger partial charge in [0.15, 0.2) is 0 Å². The molecule has 0 unspecified atom stereocenters. The Labute approximate surface area is 92.0 Å². The number of hydrogen-bond donors (Lipinski definition) is 2. The van der Waals surface area contributed by atoms with Gasteiger partial charge in [0.2, 0.25) is 0 Å². The number of halogens is 1. The number of hydrogen-bond acceptors (Lipinski definition) is 3. The van der Waals surface area contributed by atoms with Gasteiger partial charge in [-0.25, -0.2) is 0 Å². The molecule has 3 N–H and O–H groups in total. The zero-order valence-electron chi connectivity index (χ0n) is 7.76. The van der Waals surface area contributed by atoms with E-state index in [1.54, 1.807) is 12.1 Å². The van der Waals surface area contributed by atoms with E-state index in [0.717, 1.165) is 23.1 Å². The molecule has 0 atom stereocenters. The second kappa shape index (κ2) is 5.63. The average molecular weight is 254 g/mol. The van der Waals surface area contributed by atoms with Crippen LogP contribution in [0.25, 0.3) is 0 Å². The van der Waals surface area contributed by atoms with Crippen LogP contribution in [0.4, 0.5) is 5.69 Å². The quantitative estimate of drug-likeness (QED) is 0.808. The van der Waals surface area contributed by atoms with Gasteiger partial charge in [-0.1, -0.05) is 0 Å². The third kappa shape index (κ3) is 3.02. The largest absolute Gasteiger partial charge is 0.384 e. The van der Waals surface area contributed by atoms with Crippen LogP contribution in [0.5, 0.6) is 0 Å². The highest BCUT2D eigenvalue weighted by molar-refractivity contribution is 9.10. The minimum absolute atomic E-state index is 0.654. The Morgan fingerprint density at radius 1 is 1.50 bits per heavy atom. The monoisotopic (exact) mass is 253 g/mol. The van der Waals surface area contributed by atoms with E-state index in [4.69, 9.17) is 11.0 Å². The Morgan fingerprint density at radius 2 is 2.29 bits per heavy atom. The Morgan fingerprint density at radius 3 is 2.86 bits per heavy atom. The summed E-state index contributed by atoms with van der Waals surface area (Å²) in [6.07, 6.45) is 0.937. The fraction of sp³-hybridized carbons (Fsp3) is 0.300. The van der Waals surface area contributed by atoms with E-state index in [1.807, 2.05) is 6.07 Å². The molecule has 1 aromatic rings. The smallest absolute Gasteiger partial charge is 0.0992 e. The van der Waals surface area contributed by atoms with E-state index in [2.05, 4.69) is 27.3 Å². The van der Waals surface area contributed by atoms with Gasteiger partial charge in [0.1, 0.15) is 0 Å². The Hall–Kier alpha value is -1.05. The first-order chi connectivity index (χ1) is 6.77. The molecule has 0 aliphatic rings. The van der Waals surface area contributed by atoms with E-state index in [1.165, 1.54) is 0 Å². The number of rotatable bonds is 4. The van der Waals surface area contributed by atoms with Gasteiger partial charge in [-0.2, -0.15) is 5.26 Å². The first-order valence-electron chi connectivity index (χ1n) is 4.41. The van der Waals surface area contributed by atoms with Crippen LogP contribution in [0.3, 0.4) is 0 Å². The molecule has 0 aromatic heterocycles. The zero-order chi connectivity index (χ0) is 10.4. The fourth-order valence-electron chi connectivity index (χ4n) is 1.05. The average Bonchev–Trinajstić information content (AvgIpc) is 2.20. The molecule has 1 aromatic carbocycles. The Bertz CT molecular complexity index is 344. The number of nitrogens with one attached hydrogen (secondary N) is 1. The third-order valence-electron chi connectivity index (χ3n) is 1.79. The van der Waals surface area contributed by atoms with Crippen molar-refractivity contribution < 1.29 is 0 Å². The summed E-state index contributed by atoms with van der Waals surface area (Å²) in [5.74, 6) is 0. The normalized spacial score (nSPS) is 9.50. The highest BCUT2D eigenvalue weighted by Crippen LogP contribution is 2.23. The van der Waals surface area contributed by atoms with Gasteiger partial charge in [-0.05, 0) is 47.1 Å². The standard InChI is InChI=1S/C10H12BrN3/c11-9-6-8(7-13)2-3-10(9)14-5-1-4-12/h2-3,6,14H,1,4-5,12H2. The van der Waals surface area contributed by atoms with Gasteiger partial charge in [0.25, 0.3) is 0 Å². The van der Waals surface area contributed by atoms with Crippen molar-refractivity contribution in [1.82, 2.24) is 0 Å². The molecule has 0 saturated carbocycles. The number of benzene rings is 1. The third-order valence-corrected chi connectivity index (χ3v) is 2.45. The molecule has 0 aliphatic heterocycles. The molecule has 0 radical (unpaired) electrons. The van der Waals surface area contributed by atoms with E-state index in [0.29, 0.717) is 12.1 Å². The summed E-state index contributed by atoms with van der Waals surface area (Å²) in [6.45, 7) is 1.53. The van der Waals surface area contributed by atoms with Gasteiger partial charge in [0, 0.05) is 16.7 Å². The van der Waals surface area contributed by atoms with Crippen molar-refractivity contribution in [2.45, 2.75) is 6.42 Å². The summed E-state index contributed by atoms with van der Waals surface area (Å²) < 4.78 is 0.911. The van der Waals surface area contributed by atoms with E-state index in [-0.39, 0.29) is 0 Å². The van der Waals surface area contributed by atoms with Crippen LogP contribution in [-0.4, -0.2) is 13.1 Å². The molecule has 74 valence electrons. The van der Waals surface area contributed by atoms with Gasteiger partial charge in [-0.15, -0.1) is 0 Å². The first-order valence-corrected chi connectivity index (χ1v) is 5.21. The number of nitrogens with two attached hydrogens (primary N) is 1. The predicted molar refractivity (Wildman–Crippen MR) is 61.0 cm³/mol. The lowest BCUT2D eigenvalue weighted by molar-refractivity contribution is 0.874. The molecule has 4 heteroatoms. The summed E-state index contributed by atoms with van der Waals surface area (Å²) in [4.78, 5) is 0.